The van der Waals surface area contributed by atoms with Gasteiger partial charge in [-0.25, -0.2) is 0 Å². The fraction of sp³-hybridized carbons (Fsp3) is 0.154. The van der Waals surface area contributed by atoms with Gasteiger partial charge in [0.2, 0.25) is 0 Å². The summed E-state index contributed by atoms with van der Waals surface area (Å²) in [7, 11) is 0. The van der Waals surface area contributed by atoms with Crippen LogP contribution in [0, 0.1) is 6.92 Å². The second-order valence-corrected chi connectivity index (χ2v) is 5.39. The molecule has 17 heavy (non-hydrogen) atoms. The Kier molecular flexibility index (Phi) is 3.87. The van der Waals surface area contributed by atoms with E-state index in [0.717, 1.165) is 11.1 Å². The van der Waals surface area contributed by atoms with Crippen LogP contribution < -0.4 is 0 Å². The number of carbonyl (C=O) groups is 1. The van der Waals surface area contributed by atoms with Gasteiger partial charge in [0.1, 0.15) is 5.38 Å². The summed E-state index contributed by atoms with van der Waals surface area (Å²) < 4.78 is 0. The Morgan fingerprint density at radius 3 is 2.47 bits per heavy atom. The minimum atomic E-state index is -0.674. The van der Waals surface area contributed by atoms with Crippen LogP contribution >= 0.6 is 34.5 Å². The van der Waals surface area contributed by atoms with E-state index in [-0.39, 0.29) is 5.78 Å². The van der Waals surface area contributed by atoms with Gasteiger partial charge in [0.25, 0.3) is 0 Å². The maximum Gasteiger partial charge on any atom is 0.196 e. The summed E-state index contributed by atoms with van der Waals surface area (Å²) in [5, 5.41) is 1.71. The van der Waals surface area contributed by atoms with Gasteiger partial charge in [-0.1, -0.05) is 41.9 Å². The number of ketones is 1. The van der Waals surface area contributed by atoms with E-state index in [2.05, 4.69) is 0 Å². The van der Waals surface area contributed by atoms with Crippen molar-refractivity contribution in [2.75, 3.05) is 0 Å². The Morgan fingerprint density at radius 1 is 1.29 bits per heavy atom. The molecule has 0 saturated heterocycles. The molecule has 1 atom stereocenters. The first-order chi connectivity index (χ1) is 8.11. The zero-order chi connectivity index (χ0) is 12.4. The zero-order valence-corrected chi connectivity index (χ0v) is 11.4. The lowest BCUT2D eigenvalue weighted by atomic mass is 10.1. The van der Waals surface area contributed by atoms with Crippen molar-refractivity contribution in [2.24, 2.45) is 0 Å². The molecule has 0 amide bonds. The molecule has 88 valence electrons. The number of aryl methyl sites for hydroxylation is 1. The third-order valence-electron chi connectivity index (χ3n) is 2.45. The average Bonchev–Trinajstić information content (AvgIpc) is 2.69. The number of hydrogen-bond donors (Lipinski definition) is 0. The van der Waals surface area contributed by atoms with E-state index in [9.17, 15) is 4.79 Å². The van der Waals surface area contributed by atoms with Gasteiger partial charge in [0.15, 0.2) is 5.78 Å². The minimum Gasteiger partial charge on any atom is -0.291 e. The summed E-state index contributed by atoms with van der Waals surface area (Å²) in [6.45, 7) is 1.88. The highest BCUT2D eigenvalue weighted by Gasteiger charge is 2.23. The Labute approximate surface area is 114 Å². The monoisotopic (exact) mass is 284 g/mol. The lowest BCUT2D eigenvalue weighted by molar-refractivity contribution is 0.0991. The number of alkyl halides is 1. The van der Waals surface area contributed by atoms with E-state index in [1.807, 2.05) is 42.6 Å². The van der Waals surface area contributed by atoms with Gasteiger partial charge < -0.3 is 0 Å². The molecule has 0 aliphatic rings. The molecule has 0 spiro atoms. The zero-order valence-electron chi connectivity index (χ0n) is 9.11. The second kappa shape index (κ2) is 5.21. The molecule has 1 aromatic heterocycles. The number of carbonyl (C=O) groups excluding carboxylic acids is 1. The van der Waals surface area contributed by atoms with Crippen molar-refractivity contribution in [3.05, 3.63) is 56.7 Å². The number of Topliss-reactive ketones (excluding diaryl/α,β-unsaturated/α-hetero) is 1. The molecule has 2 rings (SSSR count). The molecule has 0 aliphatic heterocycles. The molecule has 2 aromatic rings. The van der Waals surface area contributed by atoms with Gasteiger partial charge in [-0.3, -0.25) is 4.79 Å². The van der Waals surface area contributed by atoms with Crippen LogP contribution in [0.15, 0.2) is 35.7 Å². The first kappa shape index (κ1) is 12.6. The Morgan fingerprint density at radius 2 is 1.94 bits per heavy atom. The molecule has 0 radical (unpaired) electrons. The number of hydrogen-bond acceptors (Lipinski definition) is 2. The van der Waals surface area contributed by atoms with E-state index in [1.165, 1.54) is 11.3 Å². The van der Waals surface area contributed by atoms with Gasteiger partial charge in [-0.05, 0) is 23.4 Å². The topological polar surface area (TPSA) is 17.1 Å². The predicted octanol–water partition coefficient (Wildman–Crippen LogP) is 4.87. The van der Waals surface area contributed by atoms with Crippen molar-refractivity contribution in [3.8, 4) is 0 Å². The number of halogens is 2. The molecule has 1 nitrogen and oxygen atoms in total. The lowest BCUT2D eigenvalue weighted by Crippen LogP contribution is -2.06. The summed E-state index contributed by atoms with van der Waals surface area (Å²) in [5.41, 5.74) is 1.71. The van der Waals surface area contributed by atoms with E-state index in [4.69, 9.17) is 23.2 Å². The van der Waals surface area contributed by atoms with Gasteiger partial charge >= 0.3 is 0 Å². The van der Waals surface area contributed by atoms with Gasteiger partial charge in [-0.15, -0.1) is 22.9 Å². The number of benzene rings is 1. The molecule has 1 heterocycles. The van der Waals surface area contributed by atoms with Gasteiger partial charge in [0.05, 0.1) is 9.90 Å². The SMILES string of the molecule is Cc1csc(C(=O)C(Cl)c2ccccc2)c1Cl. The normalized spacial score (nSPS) is 12.4. The van der Waals surface area contributed by atoms with Crippen LogP contribution in [-0.2, 0) is 0 Å². The van der Waals surface area contributed by atoms with Crippen LogP contribution in [0.5, 0.6) is 0 Å². The molecule has 0 saturated carbocycles. The lowest BCUT2D eigenvalue weighted by Gasteiger charge is -2.07. The van der Waals surface area contributed by atoms with E-state index < -0.39 is 5.38 Å². The van der Waals surface area contributed by atoms with Crippen LogP contribution in [0.2, 0.25) is 5.02 Å². The molecular formula is C13H10Cl2OS. The van der Waals surface area contributed by atoms with Crippen LogP contribution in [0.25, 0.3) is 0 Å². The van der Waals surface area contributed by atoms with Crippen molar-refractivity contribution in [1.29, 1.82) is 0 Å². The minimum absolute atomic E-state index is 0.138. The van der Waals surface area contributed by atoms with Crippen molar-refractivity contribution in [3.63, 3.8) is 0 Å². The van der Waals surface area contributed by atoms with Crippen molar-refractivity contribution >= 4 is 40.3 Å². The average molecular weight is 285 g/mol. The molecule has 0 aliphatic carbocycles. The van der Waals surface area contributed by atoms with E-state index in [1.54, 1.807) is 0 Å². The van der Waals surface area contributed by atoms with Gasteiger partial charge in [0, 0.05) is 0 Å². The first-order valence-corrected chi connectivity index (χ1v) is 6.77. The highest BCUT2D eigenvalue weighted by molar-refractivity contribution is 7.13. The Balaban J connectivity index is 2.30. The van der Waals surface area contributed by atoms with Crippen LogP contribution in [0.1, 0.15) is 26.2 Å². The van der Waals surface area contributed by atoms with E-state index in [0.29, 0.717) is 9.90 Å². The largest absolute Gasteiger partial charge is 0.291 e. The molecule has 0 bridgehead atoms. The smallest absolute Gasteiger partial charge is 0.196 e. The summed E-state index contributed by atoms with van der Waals surface area (Å²) in [5.74, 6) is -0.138. The molecular weight excluding hydrogens is 275 g/mol. The van der Waals surface area contributed by atoms with Gasteiger partial charge in [-0.2, -0.15) is 0 Å². The number of rotatable bonds is 3. The third kappa shape index (κ3) is 2.54. The Bertz CT molecular complexity index is 534. The summed E-state index contributed by atoms with van der Waals surface area (Å²) in [6.07, 6.45) is 0. The molecule has 1 aromatic carbocycles. The summed E-state index contributed by atoms with van der Waals surface area (Å²) in [6, 6.07) is 9.28. The quantitative estimate of drug-likeness (QED) is 0.580. The second-order valence-electron chi connectivity index (χ2n) is 3.70. The molecule has 4 heteroatoms. The summed E-state index contributed by atoms with van der Waals surface area (Å²) in [4.78, 5) is 12.7. The molecule has 0 N–H and O–H groups in total. The highest BCUT2D eigenvalue weighted by atomic mass is 35.5. The number of thiophene rings is 1. The molecule has 0 fully saturated rings. The van der Waals surface area contributed by atoms with Crippen LogP contribution in [-0.4, -0.2) is 5.78 Å². The third-order valence-corrected chi connectivity index (χ3v) is 4.61. The van der Waals surface area contributed by atoms with Crippen LogP contribution in [0.3, 0.4) is 0 Å². The van der Waals surface area contributed by atoms with Crippen molar-refractivity contribution in [2.45, 2.75) is 12.3 Å². The fourth-order valence-corrected chi connectivity index (χ4v) is 3.06. The van der Waals surface area contributed by atoms with Crippen LogP contribution in [0.4, 0.5) is 0 Å². The standard InChI is InChI=1S/C13H10Cl2OS/c1-8-7-17-13(10(8)14)12(16)11(15)9-5-3-2-4-6-9/h2-7,11H,1H3. The maximum absolute atomic E-state index is 12.2. The van der Waals surface area contributed by atoms with Crippen molar-refractivity contribution < 1.29 is 4.79 Å². The maximum atomic E-state index is 12.2. The Hall–Kier alpha value is -0.830. The molecule has 1 unspecified atom stereocenters. The van der Waals surface area contributed by atoms with E-state index >= 15 is 0 Å². The fourth-order valence-electron chi connectivity index (χ4n) is 1.48. The summed E-state index contributed by atoms with van der Waals surface area (Å²) >= 11 is 13.6. The van der Waals surface area contributed by atoms with Crippen molar-refractivity contribution in [1.82, 2.24) is 0 Å². The highest BCUT2D eigenvalue weighted by Crippen LogP contribution is 2.33. The predicted molar refractivity (Wildman–Crippen MR) is 73.4 cm³/mol. The first-order valence-electron chi connectivity index (χ1n) is 5.08.